The number of guanidine groups is 1. The van der Waals surface area contributed by atoms with E-state index in [2.05, 4.69) is 20.4 Å². The first-order valence-corrected chi connectivity index (χ1v) is 10.2. The maximum atomic E-state index is 12.3. The Labute approximate surface area is 203 Å². The van der Waals surface area contributed by atoms with E-state index in [1.165, 1.54) is 12.1 Å². The number of benzene rings is 2. The average Bonchev–Trinajstić information content (AvgIpc) is 3.01. The van der Waals surface area contributed by atoms with Crippen molar-refractivity contribution in [1.82, 2.24) is 10.6 Å². The number of aliphatic imine (C=N–C) groups is 1. The van der Waals surface area contributed by atoms with Gasteiger partial charge in [0.25, 0.3) is 0 Å². The van der Waals surface area contributed by atoms with Gasteiger partial charge in [0, 0.05) is 25.1 Å². The lowest BCUT2D eigenvalue weighted by atomic mass is 10.1. The van der Waals surface area contributed by atoms with Gasteiger partial charge in [0.15, 0.2) is 17.5 Å². The van der Waals surface area contributed by atoms with Crippen LogP contribution >= 0.6 is 24.0 Å². The summed E-state index contributed by atoms with van der Waals surface area (Å²) in [6.45, 7) is 1.49. The SMILES string of the molecule is CCNC(=NCc1cccc2c1OCCCO2)NCC(O)c1ccc(OC(F)F)cc1.I. The quantitative estimate of drug-likeness (QED) is 0.257. The zero-order chi connectivity index (χ0) is 22.1. The average molecular weight is 563 g/mol. The number of fused-ring (bicyclic) bond motifs is 1. The Morgan fingerprint density at radius 2 is 1.88 bits per heavy atom. The van der Waals surface area contributed by atoms with Crippen LogP contribution in [0.1, 0.15) is 30.6 Å². The molecule has 7 nitrogen and oxygen atoms in total. The van der Waals surface area contributed by atoms with Gasteiger partial charge in [0.2, 0.25) is 0 Å². The Hall–Kier alpha value is -2.34. The van der Waals surface area contributed by atoms with E-state index >= 15 is 0 Å². The third kappa shape index (κ3) is 7.66. The number of alkyl halides is 2. The van der Waals surface area contributed by atoms with E-state index in [0.717, 1.165) is 17.7 Å². The molecule has 1 atom stereocenters. The summed E-state index contributed by atoms with van der Waals surface area (Å²) < 4.78 is 40.4. The third-order valence-electron chi connectivity index (χ3n) is 4.56. The van der Waals surface area contributed by atoms with Crippen molar-refractivity contribution in [3.8, 4) is 17.2 Å². The van der Waals surface area contributed by atoms with Crippen molar-refractivity contribution in [2.75, 3.05) is 26.3 Å². The van der Waals surface area contributed by atoms with Gasteiger partial charge in [-0.2, -0.15) is 8.78 Å². The summed E-state index contributed by atoms with van der Waals surface area (Å²) in [5, 5.41) is 16.6. The summed E-state index contributed by atoms with van der Waals surface area (Å²) in [4.78, 5) is 4.58. The predicted molar refractivity (Wildman–Crippen MR) is 128 cm³/mol. The normalized spacial score (nSPS) is 14.2. The van der Waals surface area contributed by atoms with Gasteiger partial charge in [-0.05, 0) is 30.7 Å². The van der Waals surface area contributed by atoms with E-state index in [4.69, 9.17) is 9.47 Å². The molecule has 0 radical (unpaired) electrons. The van der Waals surface area contributed by atoms with Crippen LogP contribution in [-0.2, 0) is 6.54 Å². The van der Waals surface area contributed by atoms with Crippen LogP contribution in [0.4, 0.5) is 8.78 Å². The second kappa shape index (κ2) is 13.3. The summed E-state index contributed by atoms with van der Waals surface area (Å²) in [5.74, 6) is 2.01. The second-order valence-corrected chi connectivity index (χ2v) is 6.83. The number of aliphatic hydroxyl groups is 1. The van der Waals surface area contributed by atoms with E-state index in [9.17, 15) is 13.9 Å². The fourth-order valence-corrected chi connectivity index (χ4v) is 3.07. The molecular weight excluding hydrogens is 535 g/mol. The summed E-state index contributed by atoms with van der Waals surface area (Å²) in [6, 6.07) is 11.6. The molecule has 10 heteroatoms. The number of ether oxygens (including phenoxy) is 3. The number of aliphatic hydroxyl groups excluding tert-OH is 1. The highest BCUT2D eigenvalue weighted by Gasteiger charge is 2.15. The molecule has 0 amide bonds. The van der Waals surface area contributed by atoms with Crippen molar-refractivity contribution in [2.24, 2.45) is 4.99 Å². The Bertz CT molecular complexity index is 869. The van der Waals surface area contributed by atoms with Crippen LogP contribution in [0.25, 0.3) is 0 Å². The van der Waals surface area contributed by atoms with Crippen molar-refractivity contribution in [3.63, 3.8) is 0 Å². The van der Waals surface area contributed by atoms with Crippen LogP contribution < -0.4 is 24.8 Å². The highest BCUT2D eigenvalue weighted by molar-refractivity contribution is 14.0. The third-order valence-corrected chi connectivity index (χ3v) is 4.56. The van der Waals surface area contributed by atoms with Gasteiger partial charge < -0.3 is 30.0 Å². The minimum atomic E-state index is -2.88. The molecule has 0 saturated carbocycles. The van der Waals surface area contributed by atoms with Gasteiger partial charge >= 0.3 is 6.61 Å². The van der Waals surface area contributed by atoms with E-state index in [0.29, 0.717) is 43.6 Å². The highest BCUT2D eigenvalue weighted by Crippen LogP contribution is 2.33. The van der Waals surface area contributed by atoms with Crippen LogP contribution in [0.2, 0.25) is 0 Å². The monoisotopic (exact) mass is 563 g/mol. The van der Waals surface area contributed by atoms with Gasteiger partial charge in [0.05, 0.1) is 25.9 Å². The molecule has 1 heterocycles. The number of hydrogen-bond acceptors (Lipinski definition) is 5. The largest absolute Gasteiger partial charge is 0.490 e. The van der Waals surface area contributed by atoms with Crippen LogP contribution in [-0.4, -0.2) is 44.0 Å². The van der Waals surface area contributed by atoms with Crippen molar-refractivity contribution in [1.29, 1.82) is 0 Å². The Morgan fingerprint density at radius 3 is 2.59 bits per heavy atom. The summed E-state index contributed by atoms with van der Waals surface area (Å²) in [7, 11) is 0. The number of nitrogens with one attached hydrogen (secondary N) is 2. The van der Waals surface area contributed by atoms with Gasteiger partial charge in [-0.15, -0.1) is 24.0 Å². The van der Waals surface area contributed by atoms with Crippen LogP contribution in [0, 0.1) is 0 Å². The Morgan fingerprint density at radius 1 is 1.12 bits per heavy atom. The molecule has 0 saturated heterocycles. The first-order chi connectivity index (χ1) is 15.1. The molecule has 3 N–H and O–H groups in total. The first kappa shape index (κ1) is 25.9. The summed E-state index contributed by atoms with van der Waals surface area (Å²) in [6.07, 6.45) is -0.0245. The van der Waals surface area contributed by atoms with Gasteiger partial charge in [0.1, 0.15) is 5.75 Å². The Balaban J connectivity index is 0.00000363. The molecule has 176 valence electrons. The van der Waals surface area contributed by atoms with Crippen LogP contribution in [0.3, 0.4) is 0 Å². The molecule has 0 fully saturated rings. The minimum Gasteiger partial charge on any atom is -0.490 e. The van der Waals surface area contributed by atoms with E-state index in [1.54, 1.807) is 12.1 Å². The van der Waals surface area contributed by atoms with Crippen molar-refractivity contribution < 1.29 is 28.1 Å². The zero-order valence-corrected chi connectivity index (χ0v) is 20.1. The molecular formula is C22H28F2IN3O4. The van der Waals surface area contributed by atoms with Gasteiger partial charge in [-0.1, -0.05) is 24.3 Å². The number of hydrogen-bond donors (Lipinski definition) is 3. The molecule has 1 aliphatic heterocycles. The molecule has 3 rings (SSSR count). The fourth-order valence-electron chi connectivity index (χ4n) is 3.07. The highest BCUT2D eigenvalue weighted by atomic mass is 127. The van der Waals surface area contributed by atoms with Crippen molar-refractivity contribution in [3.05, 3.63) is 53.6 Å². The van der Waals surface area contributed by atoms with Crippen LogP contribution in [0.15, 0.2) is 47.5 Å². The maximum Gasteiger partial charge on any atom is 0.387 e. The lowest BCUT2D eigenvalue weighted by Gasteiger charge is -2.16. The minimum absolute atomic E-state index is 0. The molecule has 1 unspecified atom stereocenters. The number of rotatable bonds is 8. The Kier molecular flexibility index (Phi) is 10.7. The lowest BCUT2D eigenvalue weighted by Crippen LogP contribution is -2.39. The van der Waals surface area contributed by atoms with E-state index in [1.807, 2.05) is 25.1 Å². The smallest absolute Gasteiger partial charge is 0.387 e. The zero-order valence-electron chi connectivity index (χ0n) is 17.7. The summed E-state index contributed by atoms with van der Waals surface area (Å²) in [5.41, 5.74) is 1.48. The molecule has 2 aromatic carbocycles. The van der Waals surface area contributed by atoms with Gasteiger partial charge in [-0.25, -0.2) is 4.99 Å². The van der Waals surface area contributed by atoms with Crippen LogP contribution in [0.5, 0.6) is 17.2 Å². The van der Waals surface area contributed by atoms with E-state index < -0.39 is 12.7 Å². The second-order valence-electron chi connectivity index (χ2n) is 6.83. The molecule has 1 aliphatic rings. The maximum absolute atomic E-state index is 12.3. The van der Waals surface area contributed by atoms with E-state index in [-0.39, 0.29) is 36.3 Å². The summed E-state index contributed by atoms with van der Waals surface area (Å²) >= 11 is 0. The standard InChI is InChI=1S/C22H27F2N3O4.HI/c1-2-25-22(26-13-16-5-3-6-19-20(16)30-12-4-11-29-19)27-14-18(28)15-7-9-17(10-8-15)31-21(23)24;/h3,5-10,18,21,28H,2,4,11-14H2,1H3,(H2,25,26,27);1H. The topological polar surface area (TPSA) is 84.3 Å². The van der Waals surface area contributed by atoms with Crippen molar-refractivity contribution in [2.45, 2.75) is 32.6 Å². The molecule has 32 heavy (non-hydrogen) atoms. The number of nitrogens with zero attached hydrogens (tertiary/aromatic N) is 1. The first-order valence-electron chi connectivity index (χ1n) is 10.2. The van der Waals surface area contributed by atoms with Crippen molar-refractivity contribution >= 4 is 29.9 Å². The molecule has 0 spiro atoms. The number of halogens is 3. The van der Waals surface area contributed by atoms with Gasteiger partial charge in [-0.3, -0.25) is 0 Å². The fraction of sp³-hybridized carbons (Fsp3) is 0.409. The molecule has 0 bridgehead atoms. The molecule has 0 aliphatic carbocycles. The predicted octanol–water partition coefficient (Wildman–Crippen LogP) is 3.86. The molecule has 0 aromatic heterocycles. The lowest BCUT2D eigenvalue weighted by molar-refractivity contribution is -0.0498. The molecule has 2 aromatic rings. The number of para-hydroxylation sites is 1.